The van der Waals surface area contributed by atoms with Crippen LogP contribution in [0, 0.1) is 0 Å². The van der Waals surface area contributed by atoms with E-state index in [0.717, 1.165) is 4.90 Å². The number of aromatic nitrogens is 1. The predicted octanol–water partition coefficient (Wildman–Crippen LogP) is 1.66. The fraction of sp³-hybridized carbons (Fsp3) is 0.167. The summed E-state index contributed by atoms with van der Waals surface area (Å²) in [7, 11) is 0. The van der Waals surface area contributed by atoms with E-state index in [9.17, 15) is 19.2 Å². The standard InChI is InChI=1S/C18H16N4O4/c1-10(22-17(25)14-7-8-19-9-15(14)18(22)26)16(24)21-13-5-3-12(4-6-13)20-11(2)23/h3-10H,1-2H3,(H,20,23)(H,21,24). The van der Waals surface area contributed by atoms with Crippen LogP contribution in [0.5, 0.6) is 0 Å². The smallest absolute Gasteiger partial charge is 0.263 e. The number of amides is 4. The van der Waals surface area contributed by atoms with Gasteiger partial charge in [0.05, 0.1) is 11.1 Å². The molecule has 0 radical (unpaired) electrons. The van der Waals surface area contributed by atoms with E-state index < -0.39 is 23.8 Å². The Morgan fingerprint density at radius 3 is 2.12 bits per heavy atom. The van der Waals surface area contributed by atoms with Crippen molar-refractivity contribution < 1.29 is 19.2 Å². The van der Waals surface area contributed by atoms with Crippen LogP contribution >= 0.6 is 0 Å². The molecule has 0 bridgehead atoms. The third kappa shape index (κ3) is 3.16. The van der Waals surface area contributed by atoms with Crippen LogP contribution in [-0.2, 0) is 9.59 Å². The van der Waals surface area contributed by atoms with Gasteiger partial charge in [-0.05, 0) is 37.3 Å². The van der Waals surface area contributed by atoms with Crippen LogP contribution in [-0.4, -0.2) is 39.6 Å². The Labute approximate surface area is 149 Å². The lowest BCUT2D eigenvalue weighted by Crippen LogP contribution is -2.45. The summed E-state index contributed by atoms with van der Waals surface area (Å²) in [4.78, 5) is 53.1. The van der Waals surface area contributed by atoms with Crippen LogP contribution in [0.4, 0.5) is 11.4 Å². The summed E-state index contributed by atoms with van der Waals surface area (Å²) in [5.74, 6) is -1.76. The lowest BCUT2D eigenvalue weighted by atomic mass is 10.2. The number of fused-ring (bicyclic) bond motifs is 1. The second kappa shape index (κ2) is 6.75. The Kier molecular flexibility index (Phi) is 4.49. The van der Waals surface area contributed by atoms with Crippen LogP contribution in [0.3, 0.4) is 0 Å². The van der Waals surface area contributed by atoms with Gasteiger partial charge in [-0.15, -0.1) is 0 Å². The molecule has 2 heterocycles. The molecule has 1 atom stereocenters. The SMILES string of the molecule is CC(=O)Nc1ccc(NC(=O)C(C)N2C(=O)c3ccncc3C2=O)cc1. The van der Waals surface area contributed by atoms with E-state index in [-0.39, 0.29) is 17.0 Å². The zero-order chi connectivity index (χ0) is 18.8. The Morgan fingerprint density at radius 1 is 0.962 bits per heavy atom. The average molecular weight is 352 g/mol. The number of nitrogens with zero attached hydrogens (tertiary/aromatic N) is 2. The summed E-state index contributed by atoms with van der Waals surface area (Å²) in [6.07, 6.45) is 2.75. The fourth-order valence-electron chi connectivity index (χ4n) is 2.66. The van der Waals surface area contributed by atoms with Gasteiger partial charge in [-0.2, -0.15) is 0 Å². The van der Waals surface area contributed by atoms with Crippen molar-refractivity contribution in [3.05, 3.63) is 53.9 Å². The van der Waals surface area contributed by atoms with Crippen molar-refractivity contribution in [1.82, 2.24) is 9.88 Å². The topological polar surface area (TPSA) is 108 Å². The first-order valence-electron chi connectivity index (χ1n) is 7.89. The molecule has 0 aliphatic carbocycles. The van der Waals surface area contributed by atoms with E-state index in [0.29, 0.717) is 11.4 Å². The van der Waals surface area contributed by atoms with Crippen molar-refractivity contribution in [2.24, 2.45) is 0 Å². The van der Waals surface area contributed by atoms with Crippen molar-refractivity contribution in [3.8, 4) is 0 Å². The number of hydrogen-bond acceptors (Lipinski definition) is 5. The van der Waals surface area contributed by atoms with E-state index >= 15 is 0 Å². The molecule has 0 saturated heterocycles. The van der Waals surface area contributed by atoms with Crippen LogP contribution in [0.15, 0.2) is 42.7 Å². The highest BCUT2D eigenvalue weighted by Crippen LogP contribution is 2.24. The first-order chi connectivity index (χ1) is 12.4. The molecule has 8 nitrogen and oxygen atoms in total. The van der Waals surface area contributed by atoms with Crippen molar-refractivity contribution >= 4 is 35.0 Å². The summed E-state index contributed by atoms with van der Waals surface area (Å²) in [6.45, 7) is 2.88. The van der Waals surface area contributed by atoms with Crippen LogP contribution in [0.2, 0.25) is 0 Å². The van der Waals surface area contributed by atoms with Gasteiger partial charge >= 0.3 is 0 Å². The van der Waals surface area contributed by atoms with Crippen molar-refractivity contribution in [1.29, 1.82) is 0 Å². The van der Waals surface area contributed by atoms with E-state index in [1.807, 2.05) is 0 Å². The second-order valence-corrected chi connectivity index (χ2v) is 5.83. The minimum absolute atomic E-state index is 0.191. The third-order valence-corrected chi connectivity index (χ3v) is 3.96. The van der Waals surface area contributed by atoms with Gasteiger partial charge in [0.1, 0.15) is 6.04 Å². The summed E-state index contributed by atoms with van der Waals surface area (Å²) < 4.78 is 0. The van der Waals surface area contributed by atoms with Gasteiger partial charge in [0.25, 0.3) is 11.8 Å². The minimum Gasteiger partial charge on any atom is -0.326 e. The normalized spacial score (nSPS) is 14.0. The van der Waals surface area contributed by atoms with E-state index in [1.54, 1.807) is 24.3 Å². The van der Waals surface area contributed by atoms with Crippen molar-refractivity contribution in [3.63, 3.8) is 0 Å². The minimum atomic E-state index is -0.988. The van der Waals surface area contributed by atoms with Crippen LogP contribution in [0.1, 0.15) is 34.6 Å². The number of imide groups is 1. The van der Waals surface area contributed by atoms with Gasteiger partial charge in [0.2, 0.25) is 11.8 Å². The number of carbonyl (C=O) groups excluding carboxylic acids is 4. The van der Waals surface area contributed by atoms with Crippen LogP contribution < -0.4 is 10.6 Å². The predicted molar refractivity (Wildman–Crippen MR) is 93.6 cm³/mol. The molecule has 0 spiro atoms. The summed E-state index contributed by atoms with van der Waals surface area (Å²) in [5.41, 5.74) is 1.51. The zero-order valence-electron chi connectivity index (χ0n) is 14.1. The Hall–Kier alpha value is -3.55. The molecule has 1 aromatic heterocycles. The number of pyridine rings is 1. The average Bonchev–Trinajstić information content (AvgIpc) is 2.87. The highest BCUT2D eigenvalue weighted by Gasteiger charge is 2.40. The maximum atomic E-state index is 12.5. The molecule has 0 saturated carbocycles. The van der Waals surface area contributed by atoms with E-state index in [4.69, 9.17) is 0 Å². The molecule has 1 aliphatic heterocycles. The quantitative estimate of drug-likeness (QED) is 0.814. The maximum absolute atomic E-state index is 12.5. The lowest BCUT2D eigenvalue weighted by Gasteiger charge is -2.21. The van der Waals surface area contributed by atoms with Gasteiger partial charge in [0.15, 0.2) is 0 Å². The molecule has 3 rings (SSSR count). The summed E-state index contributed by atoms with van der Waals surface area (Å²) in [6, 6.07) is 6.97. The monoisotopic (exact) mass is 352 g/mol. The number of rotatable bonds is 4. The lowest BCUT2D eigenvalue weighted by molar-refractivity contribution is -0.119. The largest absolute Gasteiger partial charge is 0.326 e. The molecule has 26 heavy (non-hydrogen) atoms. The Morgan fingerprint density at radius 2 is 1.54 bits per heavy atom. The molecular weight excluding hydrogens is 336 g/mol. The summed E-state index contributed by atoms with van der Waals surface area (Å²) in [5, 5.41) is 5.27. The first-order valence-corrected chi connectivity index (χ1v) is 7.89. The molecule has 0 fully saturated rings. The third-order valence-electron chi connectivity index (χ3n) is 3.96. The number of hydrogen-bond donors (Lipinski definition) is 2. The molecule has 8 heteroatoms. The number of carbonyl (C=O) groups is 4. The zero-order valence-corrected chi connectivity index (χ0v) is 14.1. The Bertz CT molecular complexity index is 873. The molecular formula is C18H16N4O4. The maximum Gasteiger partial charge on any atom is 0.263 e. The second-order valence-electron chi connectivity index (χ2n) is 5.83. The van der Waals surface area contributed by atoms with Gasteiger partial charge in [-0.3, -0.25) is 29.1 Å². The molecule has 2 N–H and O–H groups in total. The molecule has 4 amide bonds. The molecule has 1 unspecified atom stereocenters. The molecule has 1 aromatic carbocycles. The Balaban J connectivity index is 1.72. The highest BCUT2D eigenvalue weighted by molar-refractivity contribution is 6.23. The summed E-state index contributed by atoms with van der Waals surface area (Å²) >= 11 is 0. The molecule has 2 aromatic rings. The highest BCUT2D eigenvalue weighted by atomic mass is 16.2. The fourth-order valence-corrected chi connectivity index (χ4v) is 2.66. The van der Waals surface area contributed by atoms with Gasteiger partial charge in [0, 0.05) is 30.7 Å². The van der Waals surface area contributed by atoms with E-state index in [2.05, 4.69) is 15.6 Å². The van der Waals surface area contributed by atoms with Gasteiger partial charge < -0.3 is 10.6 Å². The van der Waals surface area contributed by atoms with Gasteiger partial charge in [-0.25, -0.2) is 0 Å². The van der Waals surface area contributed by atoms with Crippen LogP contribution in [0.25, 0.3) is 0 Å². The molecule has 1 aliphatic rings. The molecule has 132 valence electrons. The van der Waals surface area contributed by atoms with Crippen molar-refractivity contribution in [2.45, 2.75) is 19.9 Å². The van der Waals surface area contributed by atoms with Gasteiger partial charge in [-0.1, -0.05) is 0 Å². The number of benzene rings is 1. The van der Waals surface area contributed by atoms with E-state index in [1.165, 1.54) is 32.3 Å². The number of nitrogens with one attached hydrogen (secondary N) is 2. The first kappa shape index (κ1) is 17.3. The van der Waals surface area contributed by atoms with Crippen molar-refractivity contribution in [2.75, 3.05) is 10.6 Å². The number of anilines is 2.